The van der Waals surface area contributed by atoms with E-state index in [1.165, 1.54) is 18.5 Å². The molecule has 0 atom stereocenters. The maximum atomic E-state index is 14.4. The number of rotatable bonds is 8. The van der Waals surface area contributed by atoms with Gasteiger partial charge >= 0.3 is 0 Å². The van der Waals surface area contributed by atoms with Gasteiger partial charge in [0.25, 0.3) is 0 Å². The Morgan fingerprint density at radius 2 is 2.07 bits per heavy atom. The van der Waals surface area contributed by atoms with Crippen molar-refractivity contribution >= 4 is 10.9 Å². The van der Waals surface area contributed by atoms with Crippen LogP contribution in [0.25, 0.3) is 22.2 Å². The molecule has 6 nitrogen and oxygen atoms in total. The Morgan fingerprint density at radius 3 is 2.85 bits per heavy atom. The molecule has 3 rings (SSSR count). The number of ether oxygens (including phenoxy) is 1. The van der Waals surface area contributed by atoms with Crippen LogP contribution in [0, 0.1) is 17.1 Å². The maximum Gasteiger partial charge on any atom is 0.224 e. The van der Waals surface area contributed by atoms with Crippen LogP contribution >= 0.6 is 0 Å². The zero-order chi connectivity index (χ0) is 19.1. The van der Waals surface area contributed by atoms with Crippen LogP contribution in [0.4, 0.5) is 4.39 Å². The van der Waals surface area contributed by atoms with Crippen LogP contribution in [0.3, 0.4) is 0 Å². The first-order valence-electron chi connectivity index (χ1n) is 8.88. The van der Waals surface area contributed by atoms with E-state index in [-0.39, 0.29) is 11.1 Å². The van der Waals surface area contributed by atoms with E-state index >= 15 is 0 Å². The molecule has 2 aromatic heterocycles. The Labute approximate surface area is 157 Å². The van der Waals surface area contributed by atoms with Gasteiger partial charge in [-0.25, -0.2) is 14.4 Å². The average molecular weight is 365 g/mol. The molecule has 1 N–H and O–H groups in total. The first-order chi connectivity index (χ1) is 13.2. The van der Waals surface area contributed by atoms with E-state index in [0.717, 1.165) is 25.9 Å². The average Bonchev–Trinajstić information content (AvgIpc) is 2.70. The summed E-state index contributed by atoms with van der Waals surface area (Å²) in [6.45, 7) is 4.51. The number of benzene rings is 1. The zero-order valence-corrected chi connectivity index (χ0v) is 15.1. The fraction of sp³-hybridized carbons (Fsp3) is 0.300. The fourth-order valence-electron chi connectivity index (χ4n) is 2.72. The van der Waals surface area contributed by atoms with Gasteiger partial charge in [-0.15, -0.1) is 0 Å². The molecule has 0 aliphatic heterocycles. The van der Waals surface area contributed by atoms with Crippen LogP contribution in [0.5, 0.6) is 5.88 Å². The quantitative estimate of drug-likeness (QED) is 0.616. The zero-order valence-electron chi connectivity index (χ0n) is 15.1. The normalized spacial score (nSPS) is 10.7. The summed E-state index contributed by atoms with van der Waals surface area (Å²) in [5.74, 6) is -0.0645. The van der Waals surface area contributed by atoms with Gasteiger partial charge in [0.15, 0.2) is 0 Å². The summed E-state index contributed by atoms with van der Waals surface area (Å²) in [6.07, 6.45) is 4.92. The summed E-state index contributed by atoms with van der Waals surface area (Å²) in [4.78, 5) is 12.8. The molecule has 0 radical (unpaired) electrons. The van der Waals surface area contributed by atoms with E-state index in [1.54, 1.807) is 18.3 Å². The third-order valence-corrected chi connectivity index (χ3v) is 4.03. The molecule has 27 heavy (non-hydrogen) atoms. The Balaban J connectivity index is 1.86. The molecular weight excluding hydrogens is 345 g/mol. The standard InChI is InChI=1S/C20H20FN5O/c1-2-7-23-8-3-10-27-20-16-6-9-24-18(19(16)25-13-26-20)15-5-4-14(12-22)11-17(15)21/h4-6,9,11,13,23H,2-3,7-8,10H2,1H3. The summed E-state index contributed by atoms with van der Waals surface area (Å²) in [7, 11) is 0. The van der Waals surface area contributed by atoms with Crippen molar-refractivity contribution in [3.05, 3.63) is 48.2 Å². The Morgan fingerprint density at radius 1 is 1.19 bits per heavy atom. The van der Waals surface area contributed by atoms with E-state index in [2.05, 4.69) is 27.2 Å². The number of pyridine rings is 1. The molecule has 0 unspecified atom stereocenters. The molecule has 0 amide bonds. The van der Waals surface area contributed by atoms with Crippen LogP contribution in [-0.4, -0.2) is 34.6 Å². The lowest BCUT2D eigenvalue weighted by atomic mass is 10.1. The van der Waals surface area contributed by atoms with Crippen LogP contribution < -0.4 is 10.1 Å². The van der Waals surface area contributed by atoms with Crippen molar-refractivity contribution in [3.8, 4) is 23.2 Å². The minimum atomic E-state index is -0.517. The van der Waals surface area contributed by atoms with Crippen molar-refractivity contribution < 1.29 is 9.13 Å². The van der Waals surface area contributed by atoms with Gasteiger partial charge in [0, 0.05) is 11.8 Å². The summed E-state index contributed by atoms with van der Waals surface area (Å²) in [5.41, 5.74) is 1.45. The number of fused-ring (bicyclic) bond motifs is 1. The summed E-state index contributed by atoms with van der Waals surface area (Å²) in [6, 6.07) is 7.97. The van der Waals surface area contributed by atoms with Gasteiger partial charge in [-0.05, 0) is 50.2 Å². The van der Waals surface area contributed by atoms with Crippen molar-refractivity contribution in [2.45, 2.75) is 19.8 Å². The number of nitriles is 1. The highest BCUT2D eigenvalue weighted by Crippen LogP contribution is 2.30. The molecule has 138 valence electrons. The van der Waals surface area contributed by atoms with Crippen LogP contribution in [-0.2, 0) is 0 Å². The second-order valence-corrected chi connectivity index (χ2v) is 5.99. The highest BCUT2D eigenvalue weighted by molar-refractivity contribution is 5.93. The fourth-order valence-corrected chi connectivity index (χ4v) is 2.72. The van der Waals surface area contributed by atoms with Crippen molar-refractivity contribution in [1.29, 1.82) is 5.26 Å². The van der Waals surface area contributed by atoms with E-state index in [4.69, 9.17) is 10.00 Å². The highest BCUT2D eigenvalue weighted by atomic mass is 19.1. The molecule has 0 aliphatic rings. The molecule has 7 heteroatoms. The van der Waals surface area contributed by atoms with Crippen molar-refractivity contribution in [2.75, 3.05) is 19.7 Å². The number of aromatic nitrogens is 3. The number of hydrogen-bond acceptors (Lipinski definition) is 6. The Hall–Kier alpha value is -3.11. The van der Waals surface area contributed by atoms with Gasteiger partial charge in [0.1, 0.15) is 17.7 Å². The lowest BCUT2D eigenvalue weighted by molar-refractivity contribution is 0.300. The molecule has 0 saturated carbocycles. The third-order valence-electron chi connectivity index (χ3n) is 4.03. The van der Waals surface area contributed by atoms with Gasteiger partial charge in [-0.3, -0.25) is 4.98 Å². The molecule has 0 spiro atoms. The van der Waals surface area contributed by atoms with Gasteiger partial charge < -0.3 is 10.1 Å². The first-order valence-corrected chi connectivity index (χ1v) is 8.88. The molecule has 0 saturated heterocycles. The Kier molecular flexibility index (Phi) is 6.23. The SMILES string of the molecule is CCCNCCCOc1ncnc2c(-c3ccc(C#N)cc3F)nccc12. The van der Waals surface area contributed by atoms with Crippen molar-refractivity contribution in [2.24, 2.45) is 0 Å². The number of nitrogens with zero attached hydrogens (tertiary/aromatic N) is 4. The van der Waals surface area contributed by atoms with Gasteiger partial charge in [-0.1, -0.05) is 6.92 Å². The van der Waals surface area contributed by atoms with Crippen LogP contribution in [0.1, 0.15) is 25.3 Å². The number of halogens is 1. The highest BCUT2D eigenvalue weighted by Gasteiger charge is 2.15. The predicted octanol–water partition coefficient (Wildman–Crippen LogP) is 3.47. The Bertz CT molecular complexity index is 970. The predicted molar refractivity (Wildman–Crippen MR) is 101 cm³/mol. The lowest BCUT2D eigenvalue weighted by Crippen LogP contribution is -2.18. The smallest absolute Gasteiger partial charge is 0.224 e. The third kappa shape index (κ3) is 4.36. The summed E-state index contributed by atoms with van der Waals surface area (Å²) >= 11 is 0. The monoisotopic (exact) mass is 365 g/mol. The summed E-state index contributed by atoms with van der Waals surface area (Å²) < 4.78 is 20.2. The van der Waals surface area contributed by atoms with Crippen molar-refractivity contribution in [1.82, 2.24) is 20.3 Å². The molecule has 1 aromatic carbocycles. The number of hydrogen-bond donors (Lipinski definition) is 1. The van der Waals surface area contributed by atoms with E-state index < -0.39 is 5.82 Å². The molecule has 0 fully saturated rings. The first kappa shape index (κ1) is 18.7. The molecule has 0 aliphatic carbocycles. The maximum absolute atomic E-state index is 14.4. The largest absolute Gasteiger partial charge is 0.477 e. The number of nitrogens with one attached hydrogen (secondary N) is 1. The molecule has 0 bridgehead atoms. The van der Waals surface area contributed by atoms with Crippen LogP contribution in [0.2, 0.25) is 0 Å². The topological polar surface area (TPSA) is 83.7 Å². The molecule has 3 aromatic rings. The van der Waals surface area contributed by atoms with Crippen molar-refractivity contribution in [3.63, 3.8) is 0 Å². The van der Waals surface area contributed by atoms with Crippen LogP contribution in [0.15, 0.2) is 36.8 Å². The van der Waals surface area contributed by atoms with E-state index in [0.29, 0.717) is 29.1 Å². The van der Waals surface area contributed by atoms with Gasteiger partial charge in [-0.2, -0.15) is 5.26 Å². The lowest BCUT2D eigenvalue weighted by Gasteiger charge is -2.10. The van der Waals surface area contributed by atoms with Gasteiger partial charge in [0.2, 0.25) is 5.88 Å². The second kappa shape index (κ2) is 9.01. The molecule has 2 heterocycles. The van der Waals surface area contributed by atoms with E-state index in [1.807, 2.05) is 6.07 Å². The minimum Gasteiger partial charge on any atom is -0.477 e. The summed E-state index contributed by atoms with van der Waals surface area (Å²) in [5, 5.41) is 12.9. The molecular formula is C20H20FN5O. The minimum absolute atomic E-state index is 0.256. The van der Waals surface area contributed by atoms with Gasteiger partial charge in [0.05, 0.1) is 29.3 Å². The van der Waals surface area contributed by atoms with E-state index in [9.17, 15) is 4.39 Å². The second-order valence-electron chi connectivity index (χ2n) is 5.99.